The molecule has 0 unspecified atom stereocenters. The zero-order chi connectivity index (χ0) is 19.6. The molecule has 1 aromatic heterocycles. The molecular formula is C21H27N3O3. The van der Waals surface area contributed by atoms with Gasteiger partial charge < -0.3 is 15.2 Å². The summed E-state index contributed by atoms with van der Waals surface area (Å²) in [5.74, 6) is 0.968. The van der Waals surface area contributed by atoms with Gasteiger partial charge in [0.25, 0.3) is 0 Å². The zero-order valence-corrected chi connectivity index (χ0v) is 16.4. The largest absolute Gasteiger partial charge is 0.360 e. The van der Waals surface area contributed by atoms with Crippen LogP contribution in [-0.2, 0) is 9.59 Å². The van der Waals surface area contributed by atoms with E-state index in [0.717, 1.165) is 16.8 Å². The molecular weight excluding hydrogens is 342 g/mol. The monoisotopic (exact) mass is 369 g/mol. The fourth-order valence-electron chi connectivity index (χ4n) is 3.87. The molecule has 27 heavy (non-hydrogen) atoms. The van der Waals surface area contributed by atoms with E-state index >= 15 is 0 Å². The molecule has 2 N–H and O–H groups in total. The second-order valence-corrected chi connectivity index (χ2v) is 7.62. The molecule has 0 aliphatic heterocycles. The predicted octanol–water partition coefficient (Wildman–Crippen LogP) is 4.29. The van der Waals surface area contributed by atoms with Crippen molar-refractivity contribution in [3.63, 3.8) is 0 Å². The zero-order valence-electron chi connectivity index (χ0n) is 16.4. The molecule has 2 amide bonds. The molecule has 0 radical (unpaired) electrons. The third kappa shape index (κ3) is 4.56. The molecule has 6 nitrogen and oxygen atoms in total. The van der Waals surface area contributed by atoms with Crippen LogP contribution in [0.4, 0.5) is 11.5 Å². The smallest absolute Gasteiger partial charge is 0.228 e. The molecule has 6 heteroatoms. The normalized spacial score (nSPS) is 19.6. The average molecular weight is 369 g/mol. The Balaban J connectivity index is 1.54. The third-order valence-electron chi connectivity index (χ3n) is 5.27. The molecule has 1 aliphatic rings. The summed E-state index contributed by atoms with van der Waals surface area (Å²) < 4.78 is 4.97. The van der Waals surface area contributed by atoms with E-state index in [1.807, 2.05) is 13.8 Å². The van der Waals surface area contributed by atoms with Gasteiger partial charge >= 0.3 is 0 Å². The summed E-state index contributed by atoms with van der Waals surface area (Å²) >= 11 is 0. The number of carbonyl (C=O) groups excluding carboxylic acids is 2. The molecule has 3 rings (SSSR count). The molecule has 1 aromatic carbocycles. The summed E-state index contributed by atoms with van der Waals surface area (Å²) in [5, 5.41) is 9.68. The summed E-state index contributed by atoms with van der Waals surface area (Å²) in [5.41, 5.74) is 4.26. The van der Waals surface area contributed by atoms with Crippen LogP contribution in [0.2, 0.25) is 0 Å². The van der Waals surface area contributed by atoms with Gasteiger partial charge in [-0.2, -0.15) is 0 Å². The van der Waals surface area contributed by atoms with E-state index in [1.165, 1.54) is 5.56 Å². The topological polar surface area (TPSA) is 84.2 Å². The van der Waals surface area contributed by atoms with Crippen molar-refractivity contribution < 1.29 is 14.1 Å². The van der Waals surface area contributed by atoms with E-state index in [9.17, 15) is 9.59 Å². The van der Waals surface area contributed by atoms with Gasteiger partial charge in [0.15, 0.2) is 5.82 Å². The number of nitrogens with zero attached hydrogens (tertiary/aromatic N) is 1. The van der Waals surface area contributed by atoms with Crippen LogP contribution in [0.3, 0.4) is 0 Å². The number of aromatic nitrogens is 1. The van der Waals surface area contributed by atoms with Crippen LogP contribution in [0.15, 0.2) is 22.7 Å². The van der Waals surface area contributed by atoms with E-state index < -0.39 is 0 Å². The highest BCUT2D eigenvalue weighted by Gasteiger charge is 2.30. The maximum atomic E-state index is 12.7. The SMILES string of the molecule is Cc1cc(C)c(NC(=O)C2CCC(C(=O)Nc3cc(C)on3)CC2)c(C)c1. The van der Waals surface area contributed by atoms with E-state index in [2.05, 4.69) is 34.8 Å². The minimum Gasteiger partial charge on any atom is -0.360 e. The minimum absolute atomic E-state index is 0.0487. The van der Waals surface area contributed by atoms with Crippen molar-refractivity contribution in [2.45, 2.75) is 53.4 Å². The predicted molar refractivity (Wildman–Crippen MR) is 105 cm³/mol. The molecule has 1 saturated carbocycles. The number of carbonyl (C=O) groups is 2. The Morgan fingerprint density at radius 3 is 1.89 bits per heavy atom. The van der Waals surface area contributed by atoms with E-state index in [1.54, 1.807) is 13.0 Å². The molecule has 1 heterocycles. The molecule has 0 saturated heterocycles. The van der Waals surface area contributed by atoms with Gasteiger partial charge in [0.1, 0.15) is 5.76 Å². The molecule has 1 aliphatic carbocycles. The van der Waals surface area contributed by atoms with Crippen LogP contribution in [-0.4, -0.2) is 17.0 Å². The molecule has 144 valence electrons. The average Bonchev–Trinajstić information content (AvgIpc) is 3.02. The first-order valence-corrected chi connectivity index (χ1v) is 9.46. The number of nitrogens with one attached hydrogen (secondary N) is 2. The fraction of sp³-hybridized carbons (Fsp3) is 0.476. The number of anilines is 2. The lowest BCUT2D eigenvalue weighted by molar-refractivity contribution is -0.125. The Labute approximate surface area is 159 Å². The summed E-state index contributed by atoms with van der Waals surface area (Å²) in [6.07, 6.45) is 2.83. The number of amides is 2. The fourth-order valence-corrected chi connectivity index (χ4v) is 3.87. The van der Waals surface area contributed by atoms with Gasteiger partial charge in [0.2, 0.25) is 11.8 Å². The highest BCUT2D eigenvalue weighted by Crippen LogP contribution is 2.31. The second-order valence-electron chi connectivity index (χ2n) is 7.62. The maximum absolute atomic E-state index is 12.7. The summed E-state index contributed by atoms with van der Waals surface area (Å²) in [4.78, 5) is 25.1. The highest BCUT2D eigenvalue weighted by molar-refractivity contribution is 5.95. The maximum Gasteiger partial charge on any atom is 0.228 e. The van der Waals surface area contributed by atoms with Gasteiger partial charge in [0.05, 0.1) is 0 Å². The number of hydrogen-bond donors (Lipinski definition) is 2. The minimum atomic E-state index is -0.0890. The number of benzene rings is 1. The molecule has 2 aromatic rings. The Morgan fingerprint density at radius 2 is 1.41 bits per heavy atom. The lowest BCUT2D eigenvalue weighted by Gasteiger charge is -2.27. The molecule has 1 fully saturated rings. The second kappa shape index (κ2) is 7.94. The summed E-state index contributed by atoms with van der Waals surface area (Å²) in [6, 6.07) is 5.86. The van der Waals surface area contributed by atoms with Gasteiger partial charge in [-0.1, -0.05) is 22.9 Å². The molecule has 0 spiro atoms. The van der Waals surface area contributed by atoms with Crippen LogP contribution in [0.5, 0.6) is 0 Å². The quantitative estimate of drug-likeness (QED) is 0.842. The van der Waals surface area contributed by atoms with Crippen molar-refractivity contribution in [3.8, 4) is 0 Å². The summed E-state index contributed by atoms with van der Waals surface area (Å²) in [7, 11) is 0. The number of rotatable bonds is 4. The lowest BCUT2D eigenvalue weighted by Crippen LogP contribution is -2.32. The molecule has 0 bridgehead atoms. The van der Waals surface area contributed by atoms with E-state index in [-0.39, 0.29) is 23.7 Å². The van der Waals surface area contributed by atoms with E-state index in [0.29, 0.717) is 37.3 Å². The van der Waals surface area contributed by atoms with Gasteiger partial charge in [0, 0.05) is 23.6 Å². The first-order valence-electron chi connectivity index (χ1n) is 9.46. The first-order chi connectivity index (χ1) is 12.8. The Bertz CT molecular complexity index is 825. The Kier molecular flexibility index (Phi) is 5.63. The standard InChI is InChI=1S/C21H27N3O3/c1-12-9-13(2)19(14(3)10-12)23-21(26)17-7-5-16(6-8-17)20(25)22-18-11-15(4)27-24-18/h9-11,16-17H,5-8H2,1-4H3,(H,23,26)(H,22,24,25). The van der Waals surface area contributed by atoms with Crippen LogP contribution in [0.1, 0.15) is 48.1 Å². The van der Waals surface area contributed by atoms with Gasteiger partial charge in [-0.15, -0.1) is 0 Å². The van der Waals surface area contributed by atoms with Gasteiger partial charge in [-0.3, -0.25) is 9.59 Å². The lowest BCUT2D eigenvalue weighted by atomic mass is 9.81. The molecule has 0 atom stereocenters. The van der Waals surface area contributed by atoms with Crippen molar-refractivity contribution in [1.29, 1.82) is 0 Å². The van der Waals surface area contributed by atoms with Gasteiger partial charge in [-0.25, -0.2) is 0 Å². The van der Waals surface area contributed by atoms with Crippen LogP contribution >= 0.6 is 0 Å². The van der Waals surface area contributed by atoms with Crippen molar-refractivity contribution in [1.82, 2.24) is 5.16 Å². The highest BCUT2D eigenvalue weighted by atomic mass is 16.5. The van der Waals surface area contributed by atoms with Crippen molar-refractivity contribution in [2.75, 3.05) is 10.6 Å². The van der Waals surface area contributed by atoms with Gasteiger partial charge in [-0.05, 0) is 64.5 Å². The Hall–Kier alpha value is -2.63. The third-order valence-corrected chi connectivity index (χ3v) is 5.27. The van der Waals surface area contributed by atoms with E-state index in [4.69, 9.17) is 4.52 Å². The van der Waals surface area contributed by atoms with Crippen LogP contribution < -0.4 is 10.6 Å². The first kappa shape index (κ1) is 19.1. The number of hydrogen-bond acceptors (Lipinski definition) is 4. The summed E-state index contributed by atoms with van der Waals surface area (Å²) in [6.45, 7) is 7.87. The Morgan fingerprint density at radius 1 is 0.889 bits per heavy atom. The van der Waals surface area contributed by atoms with Crippen LogP contribution in [0.25, 0.3) is 0 Å². The van der Waals surface area contributed by atoms with Crippen molar-refractivity contribution >= 4 is 23.3 Å². The van der Waals surface area contributed by atoms with Crippen molar-refractivity contribution in [3.05, 3.63) is 40.6 Å². The van der Waals surface area contributed by atoms with Crippen LogP contribution in [0, 0.1) is 39.5 Å². The number of aryl methyl sites for hydroxylation is 4. The van der Waals surface area contributed by atoms with Crippen molar-refractivity contribution in [2.24, 2.45) is 11.8 Å².